The molecule has 0 atom stereocenters. The number of anilines is 1. The van der Waals surface area contributed by atoms with E-state index in [2.05, 4.69) is 5.32 Å². The molecule has 0 aliphatic carbocycles. The maximum Gasteiger partial charge on any atom is 0.243 e. The van der Waals surface area contributed by atoms with Gasteiger partial charge in [0, 0.05) is 17.6 Å². The fourth-order valence-electron chi connectivity index (χ4n) is 1.98. The molecule has 0 aromatic heterocycles. The molecule has 1 N–H and O–H groups in total. The number of halogens is 2. The standard InChI is InChI=1S/C18H18F2N2O2S/c1-12-3-6-14(7-4-12)21-17(23)10-22(2)18(24)11-25-16-9-13(19)5-8-15(16)20/h3-9H,10-11H2,1-2H3,(H,21,23). The Bertz CT molecular complexity index is 766. The molecular weight excluding hydrogens is 346 g/mol. The first-order chi connectivity index (χ1) is 11.8. The summed E-state index contributed by atoms with van der Waals surface area (Å²) in [6.45, 7) is 1.82. The second-order valence-electron chi connectivity index (χ2n) is 5.53. The number of aryl methyl sites for hydroxylation is 1. The molecule has 0 fully saturated rings. The number of hydrogen-bond donors (Lipinski definition) is 1. The number of rotatable bonds is 6. The van der Waals surface area contributed by atoms with Crippen LogP contribution in [0, 0.1) is 18.6 Å². The van der Waals surface area contributed by atoms with Crippen LogP contribution in [0.25, 0.3) is 0 Å². The van der Waals surface area contributed by atoms with Crippen LogP contribution in [0.3, 0.4) is 0 Å². The molecule has 0 radical (unpaired) electrons. The summed E-state index contributed by atoms with van der Waals surface area (Å²) in [7, 11) is 1.49. The number of benzene rings is 2. The van der Waals surface area contributed by atoms with Crippen LogP contribution in [0.5, 0.6) is 0 Å². The number of carbonyl (C=O) groups excluding carboxylic acids is 2. The Hall–Kier alpha value is -2.41. The summed E-state index contributed by atoms with van der Waals surface area (Å²) in [4.78, 5) is 25.3. The average Bonchev–Trinajstić information content (AvgIpc) is 2.57. The maximum atomic E-state index is 13.5. The van der Waals surface area contributed by atoms with Crippen molar-refractivity contribution in [3.8, 4) is 0 Å². The molecule has 0 bridgehead atoms. The number of nitrogens with one attached hydrogen (secondary N) is 1. The summed E-state index contributed by atoms with van der Waals surface area (Å²) in [5.74, 6) is -1.93. The van der Waals surface area contributed by atoms with E-state index >= 15 is 0 Å². The highest BCUT2D eigenvalue weighted by atomic mass is 32.2. The lowest BCUT2D eigenvalue weighted by atomic mass is 10.2. The van der Waals surface area contributed by atoms with Crippen LogP contribution >= 0.6 is 11.8 Å². The minimum atomic E-state index is -0.584. The van der Waals surface area contributed by atoms with Gasteiger partial charge >= 0.3 is 0 Å². The van der Waals surface area contributed by atoms with Crippen molar-refractivity contribution in [3.63, 3.8) is 0 Å². The van der Waals surface area contributed by atoms with Crippen LogP contribution in [-0.2, 0) is 9.59 Å². The summed E-state index contributed by atoms with van der Waals surface area (Å²) in [5, 5.41) is 2.70. The fourth-order valence-corrected chi connectivity index (χ4v) is 2.88. The molecule has 0 heterocycles. The van der Waals surface area contributed by atoms with E-state index in [4.69, 9.17) is 0 Å². The predicted molar refractivity (Wildman–Crippen MR) is 94.5 cm³/mol. The van der Waals surface area contributed by atoms with Gasteiger partial charge in [-0.25, -0.2) is 8.78 Å². The van der Waals surface area contributed by atoms with Crippen molar-refractivity contribution in [1.82, 2.24) is 4.90 Å². The molecule has 4 nitrogen and oxygen atoms in total. The van der Waals surface area contributed by atoms with Gasteiger partial charge in [0.15, 0.2) is 0 Å². The number of thioether (sulfide) groups is 1. The molecule has 2 aromatic rings. The van der Waals surface area contributed by atoms with E-state index in [9.17, 15) is 18.4 Å². The van der Waals surface area contributed by atoms with E-state index in [0.717, 1.165) is 35.5 Å². The van der Waals surface area contributed by atoms with Crippen molar-refractivity contribution in [1.29, 1.82) is 0 Å². The quantitative estimate of drug-likeness (QED) is 0.799. The van der Waals surface area contributed by atoms with Crippen molar-refractivity contribution in [2.75, 3.05) is 24.7 Å². The molecule has 2 aromatic carbocycles. The molecule has 0 aliphatic rings. The predicted octanol–water partition coefficient (Wildman–Crippen LogP) is 3.46. The van der Waals surface area contributed by atoms with Gasteiger partial charge in [-0.2, -0.15) is 0 Å². The third-order valence-corrected chi connectivity index (χ3v) is 4.40. The third kappa shape index (κ3) is 5.86. The van der Waals surface area contributed by atoms with Gasteiger partial charge in [0.05, 0.1) is 12.3 Å². The molecular formula is C18H18F2N2O2S. The number of likely N-dealkylation sites (N-methyl/N-ethyl adjacent to an activating group) is 1. The monoisotopic (exact) mass is 364 g/mol. The molecule has 0 saturated carbocycles. The molecule has 0 saturated heterocycles. The van der Waals surface area contributed by atoms with Gasteiger partial charge in [-0.1, -0.05) is 17.7 Å². The normalized spacial score (nSPS) is 10.4. The van der Waals surface area contributed by atoms with Crippen LogP contribution in [0.2, 0.25) is 0 Å². The SMILES string of the molecule is Cc1ccc(NC(=O)CN(C)C(=O)CSc2cc(F)ccc2F)cc1. The maximum absolute atomic E-state index is 13.5. The van der Waals surface area contributed by atoms with E-state index in [-0.39, 0.29) is 29.0 Å². The number of hydrogen-bond acceptors (Lipinski definition) is 3. The summed E-state index contributed by atoms with van der Waals surface area (Å²) in [6, 6.07) is 10.4. The second-order valence-corrected chi connectivity index (χ2v) is 6.54. The average molecular weight is 364 g/mol. The Morgan fingerprint density at radius 2 is 1.80 bits per heavy atom. The minimum Gasteiger partial charge on any atom is -0.336 e. The zero-order valence-electron chi connectivity index (χ0n) is 13.9. The number of nitrogens with zero attached hydrogens (tertiary/aromatic N) is 1. The Morgan fingerprint density at radius 1 is 1.12 bits per heavy atom. The Kier molecular flexibility index (Phi) is 6.52. The van der Waals surface area contributed by atoms with Crippen LogP contribution in [-0.4, -0.2) is 36.1 Å². The van der Waals surface area contributed by atoms with Gasteiger partial charge in [-0.3, -0.25) is 9.59 Å². The molecule has 0 spiro atoms. The molecule has 2 rings (SSSR count). The van der Waals surface area contributed by atoms with E-state index in [1.54, 1.807) is 12.1 Å². The van der Waals surface area contributed by atoms with Crippen LogP contribution in [0.1, 0.15) is 5.56 Å². The van der Waals surface area contributed by atoms with Gasteiger partial charge in [0.25, 0.3) is 0 Å². The van der Waals surface area contributed by atoms with Crippen molar-refractivity contribution in [2.24, 2.45) is 0 Å². The van der Waals surface area contributed by atoms with Gasteiger partial charge in [0.1, 0.15) is 11.6 Å². The molecule has 132 valence electrons. The summed E-state index contributed by atoms with van der Waals surface area (Å²) < 4.78 is 26.6. The highest BCUT2D eigenvalue weighted by Crippen LogP contribution is 2.22. The van der Waals surface area contributed by atoms with Gasteiger partial charge in [-0.05, 0) is 37.3 Å². The first kappa shape index (κ1) is 18.9. The Balaban J connectivity index is 1.84. The highest BCUT2D eigenvalue weighted by molar-refractivity contribution is 8.00. The van der Waals surface area contributed by atoms with Crippen molar-refractivity contribution in [2.45, 2.75) is 11.8 Å². The van der Waals surface area contributed by atoms with E-state index in [0.29, 0.717) is 5.69 Å². The summed E-state index contributed by atoms with van der Waals surface area (Å²) in [5.41, 5.74) is 1.72. The first-order valence-corrected chi connectivity index (χ1v) is 8.52. The van der Waals surface area contributed by atoms with E-state index in [1.807, 2.05) is 19.1 Å². The lowest BCUT2D eigenvalue weighted by Gasteiger charge is -2.16. The molecule has 2 amide bonds. The van der Waals surface area contributed by atoms with Crippen molar-refractivity contribution in [3.05, 3.63) is 59.7 Å². The largest absolute Gasteiger partial charge is 0.336 e. The lowest BCUT2D eigenvalue weighted by molar-refractivity contribution is -0.131. The zero-order chi connectivity index (χ0) is 18.4. The van der Waals surface area contributed by atoms with Gasteiger partial charge in [0.2, 0.25) is 11.8 Å². The lowest BCUT2D eigenvalue weighted by Crippen LogP contribution is -2.35. The molecule has 25 heavy (non-hydrogen) atoms. The summed E-state index contributed by atoms with van der Waals surface area (Å²) in [6.07, 6.45) is 0. The number of amides is 2. The van der Waals surface area contributed by atoms with Crippen molar-refractivity contribution >= 4 is 29.3 Å². The van der Waals surface area contributed by atoms with Gasteiger partial charge < -0.3 is 10.2 Å². The minimum absolute atomic E-state index is 0.0610. The number of carbonyl (C=O) groups is 2. The Labute approximate surface area is 149 Å². The van der Waals surface area contributed by atoms with E-state index < -0.39 is 11.6 Å². The van der Waals surface area contributed by atoms with E-state index in [1.165, 1.54) is 11.9 Å². The van der Waals surface area contributed by atoms with Crippen LogP contribution in [0.15, 0.2) is 47.4 Å². The Morgan fingerprint density at radius 3 is 2.48 bits per heavy atom. The first-order valence-electron chi connectivity index (χ1n) is 7.53. The third-order valence-electron chi connectivity index (χ3n) is 3.39. The zero-order valence-corrected chi connectivity index (χ0v) is 14.7. The highest BCUT2D eigenvalue weighted by Gasteiger charge is 2.15. The molecule has 7 heteroatoms. The molecule has 0 aliphatic heterocycles. The van der Waals surface area contributed by atoms with Crippen molar-refractivity contribution < 1.29 is 18.4 Å². The second kappa shape index (κ2) is 8.62. The van der Waals surface area contributed by atoms with Crippen LogP contribution < -0.4 is 5.32 Å². The van der Waals surface area contributed by atoms with Crippen LogP contribution in [0.4, 0.5) is 14.5 Å². The van der Waals surface area contributed by atoms with Gasteiger partial charge in [-0.15, -0.1) is 11.8 Å². The fraction of sp³-hybridized carbons (Fsp3) is 0.222. The summed E-state index contributed by atoms with van der Waals surface area (Å²) >= 11 is 0.892. The topological polar surface area (TPSA) is 49.4 Å². The smallest absolute Gasteiger partial charge is 0.243 e. The molecule has 0 unspecified atom stereocenters.